The number of likely N-dealkylation sites (tertiary alicyclic amines) is 1. The van der Waals surface area contributed by atoms with Gasteiger partial charge in [0.05, 0.1) is 6.54 Å². The molecule has 0 saturated carbocycles. The molecular formula is C29H43Cl2N3O3. The minimum atomic E-state index is 0. The molecule has 4 rings (SSSR count). The number of hydrogen-bond donors (Lipinski definition) is 3. The van der Waals surface area contributed by atoms with Gasteiger partial charge >= 0.3 is 0 Å². The molecule has 37 heavy (non-hydrogen) atoms. The van der Waals surface area contributed by atoms with E-state index in [1.807, 2.05) is 24.3 Å². The Hall–Kier alpha value is -1.99. The van der Waals surface area contributed by atoms with Crippen LogP contribution in [0.25, 0.3) is 0 Å². The standard InChI is InChI=1S/C29H41N3O3.2ClH/c1-20(2)27(30-28(35)19-31-12-10-22-8-9-26(34)14-23(22)17-31)18-32-13-11-29(4,21(3)16-32)24-6-5-7-25(33)15-24;;/h5-9,14-15,20-21,27,33-34H,10-13,16-19H2,1-4H3,(H,30,35);2*1H/t21-,27+,29+;;/m0../s1. The highest BCUT2D eigenvalue weighted by atomic mass is 35.5. The summed E-state index contributed by atoms with van der Waals surface area (Å²) in [6.07, 6.45) is 1.93. The summed E-state index contributed by atoms with van der Waals surface area (Å²) >= 11 is 0. The van der Waals surface area contributed by atoms with E-state index >= 15 is 0 Å². The Kier molecular flexibility index (Phi) is 11.1. The lowest BCUT2D eigenvalue weighted by Gasteiger charge is -2.46. The first kappa shape index (κ1) is 31.2. The van der Waals surface area contributed by atoms with Gasteiger partial charge in [-0.15, -0.1) is 24.8 Å². The number of rotatable bonds is 7. The van der Waals surface area contributed by atoms with Crippen LogP contribution in [0.3, 0.4) is 0 Å². The van der Waals surface area contributed by atoms with Crippen LogP contribution in [0.15, 0.2) is 42.5 Å². The Morgan fingerprint density at radius 1 is 1.05 bits per heavy atom. The van der Waals surface area contributed by atoms with Crippen molar-refractivity contribution >= 4 is 30.7 Å². The Labute approximate surface area is 234 Å². The highest BCUT2D eigenvalue weighted by Gasteiger charge is 2.38. The van der Waals surface area contributed by atoms with Crippen molar-refractivity contribution in [3.05, 3.63) is 59.2 Å². The number of phenols is 2. The highest BCUT2D eigenvalue weighted by molar-refractivity contribution is 5.85. The van der Waals surface area contributed by atoms with Crippen molar-refractivity contribution < 1.29 is 15.0 Å². The number of benzene rings is 2. The SMILES string of the molecule is CC(C)[C@@H](CN1CC[C@@](C)(c2cccc(O)c2)[C@@H](C)C1)NC(=O)CN1CCc2ccc(O)cc2C1.Cl.Cl. The largest absolute Gasteiger partial charge is 0.508 e. The fourth-order valence-electron chi connectivity index (χ4n) is 5.67. The van der Waals surface area contributed by atoms with Crippen LogP contribution in [-0.4, -0.2) is 64.7 Å². The number of aromatic hydroxyl groups is 2. The van der Waals surface area contributed by atoms with Crippen molar-refractivity contribution in [3.8, 4) is 11.5 Å². The number of nitrogens with zero attached hydrogens (tertiary/aromatic N) is 2. The summed E-state index contributed by atoms with van der Waals surface area (Å²) in [6.45, 7) is 13.7. The molecule has 3 atom stereocenters. The minimum Gasteiger partial charge on any atom is -0.508 e. The van der Waals surface area contributed by atoms with Gasteiger partial charge in [0.2, 0.25) is 5.91 Å². The first-order valence-corrected chi connectivity index (χ1v) is 13.0. The van der Waals surface area contributed by atoms with E-state index in [-0.39, 0.29) is 47.9 Å². The number of halogens is 2. The fourth-order valence-corrected chi connectivity index (χ4v) is 5.67. The minimum absolute atomic E-state index is 0. The number of nitrogens with one attached hydrogen (secondary N) is 1. The molecule has 0 radical (unpaired) electrons. The Bertz CT molecular complexity index is 1050. The number of amides is 1. The lowest BCUT2D eigenvalue weighted by molar-refractivity contribution is -0.123. The summed E-state index contributed by atoms with van der Waals surface area (Å²) in [7, 11) is 0. The Morgan fingerprint density at radius 2 is 1.78 bits per heavy atom. The molecule has 1 amide bonds. The van der Waals surface area contributed by atoms with Gasteiger partial charge in [-0.1, -0.05) is 45.9 Å². The molecule has 1 fully saturated rings. The molecule has 0 bridgehead atoms. The molecule has 8 heteroatoms. The van der Waals surface area contributed by atoms with Crippen molar-refractivity contribution in [1.29, 1.82) is 0 Å². The third-order valence-electron chi connectivity index (χ3n) is 8.33. The predicted molar refractivity (Wildman–Crippen MR) is 154 cm³/mol. The van der Waals surface area contributed by atoms with E-state index in [9.17, 15) is 15.0 Å². The third-order valence-corrected chi connectivity index (χ3v) is 8.33. The van der Waals surface area contributed by atoms with Crippen molar-refractivity contribution in [1.82, 2.24) is 15.1 Å². The van der Waals surface area contributed by atoms with Crippen molar-refractivity contribution in [2.24, 2.45) is 11.8 Å². The van der Waals surface area contributed by atoms with Gasteiger partial charge in [0.25, 0.3) is 0 Å². The van der Waals surface area contributed by atoms with Crippen molar-refractivity contribution in [2.75, 3.05) is 32.7 Å². The zero-order valence-electron chi connectivity index (χ0n) is 22.4. The lowest BCUT2D eigenvalue weighted by Crippen LogP contribution is -2.54. The van der Waals surface area contributed by atoms with Gasteiger partial charge in [-0.3, -0.25) is 9.69 Å². The maximum absolute atomic E-state index is 13.0. The molecule has 1 saturated heterocycles. The number of carbonyl (C=O) groups is 1. The van der Waals surface area contributed by atoms with Crippen LogP contribution >= 0.6 is 24.8 Å². The first-order chi connectivity index (χ1) is 16.6. The van der Waals surface area contributed by atoms with Crippen LogP contribution in [0.5, 0.6) is 11.5 Å². The summed E-state index contributed by atoms with van der Waals surface area (Å²) in [6, 6.07) is 13.3. The molecule has 0 spiro atoms. The molecule has 0 aromatic heterocycles. The van der Waals surface area contributed by atoms with Crippen molar-refractivity contribution in [3.63, 3.8) is 0 Å². The second kappa shape index (κ2) is 13.2. The smallest absolute Gasteiger partial charge is 0.234 e. The van der Waals surface area contributed by atoms with Gasteiger partial charge in [0.15, 0.2) is 0 Å². The molecule has 206 valence electrons. The number of hydrogen-bond acceptors (Lipinski definition) is 5. The third kappa shape index (κ3) is 7.53. The molecule has 2 heterocycles. The van der Waals surface area contributed by atoms with Crippen LogP contribution in [-0.2, 0) is 23.2 Å². The molecule has 0 aliphatic carbocycles. The number of fused-ring (bicyclic) bond motifs is 1. The van der Waals surface area contributed by atoms with Gasteiger partial charge in [0, 0.05) is 32.2 Å². The highest BCUT2D eigenvalue weighted by Crippen LogP contribution is 2.40. The van der Waals surface area contributed by atoms with Crippen LogP contribution in [0.2, 0.25) is 0 Å². The van der Waals surface area contributed by atoms with Gasteiger partial charge in [-0.05, 0) is 77.6 Å². The summed E-state index contributed by atoms with van der Waals surface area (Å²) in [5.74, 6) is 1.46. The zero-order chi connectivity index (χ0) is 25.2. The normalized spacial score (nSPS) is 22.9. The van der Waals surface area contributed by atoms with Crippen molar-refractivity contribution in [2.45, 2.75) is 58.5 Å². The topological polar surface area (TPSA) is 76.0 Å². The maximum Gasteiger partial charge on any atom is 0.234 e. The van der Waals surface area contributed by atoms with Gasteiger partial charge in [0.1, 0.15) is 11.5 Å². The van der Waals surface area contributed by atoms with E-state index in [1.54, 1.807) is 12.1 Å². The molecule has 6 nitrogen and oxygen atoms in total. The first-order valence-electron chi connectivity index (χ1n) is 13.0. The fraction of sp³-hybridized carbons (Fsp3) is 0.552. The maximum atomic E-state index is 13.0. The van der Waals surface area contributed by atoms with E-state index in [2.05, 4.69) is 48.9 Å². The van der Waals surface area contributed by atoms with Crippen LogP contribution < -0.4 is 5.32 Å². The molecular weight excluding hydrogens is 509 g/mol. The molecule has 2 aliphatic rings. The number of carbonyl (C=O) groups excluding carboxylic acids is 1. The monoisotopic (exact) mass is 551 g/mol. The molecule has 2 aromatic rings. The lowest BCUT2D eigenvalue weighted by atomic mass is 9.68. The quantitative estimate of drug-likeness (QED) is 0.463. The second-order valence-electron chi connectivity index (χ2n) is 11.2. The number of piperidine rings is 1. The van der Waals surface area contributed by atoms with Gasteiger partial charge in [-0.25, -0.2) is 0 Å². The second-order valence-corrected chi connectivity index (χ2v) is 11.2. The van der Waals surface area contributed by atoms with E-state index in [4.69, 9.17) is 0 Å². The zero-order valence-corrected chi connectivity index (χ0v) is 24.1. The number of phenolic OH excluding ortho intramolecular Hbond substituents is 2. The van der Waals surface area contributed by atoms with Crippen LogP contribution in [0, 0.1) is 11.8 Å². The average Bonchev–Trinajstić information content (AvgIpc) is 2.80. The Balaban J connectivity index is 0.00000241. The average molecular weight is 553 g/mol. The van der Waals surface area contributed by atoms with Crippen LogP contribution in [0.1, 0.15) is 50.8 Å². The summed E-state index contributed by atoms with van der Waals surface area (Å²) < 4.78 is 0. The predicted octanol–water partition coefficient (Wildman–Crippen LogP) is 4.74. The molecule has 2 aliphatic heterocycles. The van der Waals surface area contributed by atoms with E-state index in [0.29, 0.717) is 30.7 Å². The van der Waals surface area contributed by atoms with E-state index < -0.39 is 0 Å². The van der Waals surface area contributed by atoms with Gasteiger partial charge < -0.3 is 20.4 Å². The van der Waals surface area contributed by atoms with Crippen LogP contribution in [0.4, 0.5) is 0 Å². The molecule has 0 unspecified atom stereocenters. The van der Waals surface area contributed by atoms with E-state index in [0.717, 1.165) is 44.6 Å². The Morgan fingerprint density at radius 3 is 2.46 bits per heavy atom. The molecule has 3 N–H and O–H groups in total. The van der Waals surface area contributed by atoms with Gasteiger partial charge in [-0.2, -0.15) is 0 Å². The summed E-state index contributed by atoms with van der Waals surface area (Å²) in [5.41, 5.74) is 3.61. The summed E-state index contributed by atoms with van der Waals surface area (Å²) in [4.78, 5) is 17.6. The van der Waals surface area contributed by atoms with E-state index in [1.165, 1.54) is 11.1 Å². The molecule has 2 aromatic carbocycles. The summed E-state index contributed by atoms with van der Waals surface area (Å²) in [5, 5.41) is 23.1.